The Morgan fingerprint density at radius 1 is 1.60 bits per heavy atom. The van der Waals surface area contributed by atoms with Crippen LogP contribution in [0.25, 0.3) is 0 Å². The molecule has 0 saturated heterocycles. The van der Waals surface area contributed by atoms with Crippen molar-refractivity contribution in [2.75, 3.05) is 0 Å². The van der Waals surface area contributed by atoms with E-state index in [1.807, 2.05) is 6.07 Å². The third-order valence-corrected chi connectivity index (χ3v) is 0.752. The molecular weight excluding hydrogens is 160 g/mol. The number of hydrogen-bond donors (Lipinski definition) is 0. The molecule has 0 fully saturated rings. The van der Waals surface area contributed by atoms with Gasteiger partial charge in [-0.15, -0.1) is 12.1 Å². The van der Waals surface area contributed by atoms with Crippen molar-refractivity contribution >= 4 is 23.1 Å². The smallest absolute Gasteiger partial charge is 1.00 e. The number of hydrogen-bond acceptors (Lipinski definition) is 2. The van der Waals surface area contributed by atoms with Crippen LogP contribution in [-0.4, -0.2) is 28.0 Å². The topological polar surface area (TPSA) is 36.7 Å². The van der Waals surface area contributed by atoms with Gasteiger partial charge in [0.2, 0.25) is 0 Å². The van der Waals surface area contributed by atoms with Gasteiger partial charge >= 0.3 is 23.1 Å². The Kier molecular flexibility index (Phi) is 8.43. The first kappa shape index (κ1) is 12.4. The van der Waals surface area contributed by atoms with E-state index in [0.29, 0.717) is 5.56 Å². The molecular formula is C6H3ClMgN2. The van der Waals surface area contributed by atoms with E-state index in [1.165, 1.54) is 0 Å². The molecule has 1 aromatic heterocycles. The summed E-state index contributed by atoms with van der Waals surface area (Å²) < 4.78 is 0. The molecule has 46 valence electrons. The fourth-order valence-corrected chi connectivity index (χ4v) is 0.385. The van der Waals surface area contributed by atoms with Gasteiger partial charge in [-0.1, -0.05) is 18.0 Å². The van der Waals surface area contributed by atoms with Gasteiger partial charge in [-0.05, 0) is 0 Å². The predicted octanol–water partition coefficient (Wildman–Crippen LogP) is -2.62. The van der Waals surface area contributed by atoms with Crippen LogP contribution in [0.2, 0.25) is 0 Å². The predicted molar refractivity (Wildman–Crippen MR) is 33.5 cm³/mol. The molecule has 0 aliphatic rings. The number of pyridine rings is 1. The molecule has 10 heavy (non-hydrogen) atoms. The van der Waals surface area contributed by atoms with Gasteiger partial charge in [-0.25, -0.2) is 5.26 Å². The standard InChI is InChI=1S/C6H3N2.ClH.Mg/c7-5-6-1-3-8-4-2-6;;/h1-3H;1H;/q-1;;+2/p-1. The Labute approximate surface area is 81.8 Å². The van der Waals surface area contributed by atoms with Gasteiger partial charge in [0.1, 0.15) is 0 Å². The van der Waals surface area contributed by atoms with Gasteiger partial charge in [0.05, 0.1) is 0 Å². The minimum atomic E-state index is 0. The van der Waals surface area contributed by atoms with E-state index in [1.54, 1.807) is 18.3 Å². The van der Waals surface area contributed by atoms with E-state index in [2.05, 4.69) is 11.2 Å². The molecule has 0 atom stereocenters. The largest absolute Gasteiger partial charge is 2.00 e. The molecule has 0 aliphatic carbocycles. The quantitative estimate of drug-likeness (QED) is 0.310. The molecule has 1 aromatic rings. The van der Waals surface area contributed by atoms with Gasteiger partial charge in [0.15, 0.2) is 0 Å². The van der Waals surface area contributed by atoms with Crippen LogP contribution in [0, 0.1) is 17.5 Å². The summed E-state index contributed by atoms with van der Waals surface area (Å²) in [6, 6.07) is 5.13. The first-order valence-corrected chi connectivity index (χ1v) is 2.15. The first-order valence-electron chi connectivity index (χ1n) is 2.15. The van der Waals surface area contributed by atoms with E-state index in [0.717, 1.165) is 0 Å². The Morgan fingerprint density at radius 2 is 2.30 bits per heavy atom. The summed E-state index contributed by atoms with van der Waals surface area (Å²) in [6.45, 7) is 0. The average Bonchev–Trinajstić information content (AvgIpc) is 1.90. The van der Waals surface area contributed by atoms with Crippen LogP contribution in [-0.2, 0) is 0 Å². The van der Waals surface area contributed by atoms with Crippen LogP contribution in [0.5, 0.6) is 0 Å². The Bertz CT molecular complexity index is 207. The zero-order valence-electron chi connectivity index (χ0n) is 5.21. The second-order valence-corrected chi connectivity index (χ2v) is 1.29. The minimum Gasteiger partial charge on any atom is -1.00 e. The maximum Gasteiger partial charge on any atom is 2.00 e. The molecule has 0 radical (unpaired) electrons. The Hall–Kier alpha value is -0.304. The van der Waals surface area contributed by atoms with Gasteiger partial charge < -0.3 is 17.4 Å². The number of nitrogens with zero attached hydrogens (tertiary/aromatic N) is 2. The molecule has 0 bridgehead atoms. The van der Waals surface area contributed by atoms with Crippen molar-refractivity contribution in [3.63, 3.8) is 0 Å². The number of aromatic nitrogens is 1. The summed E-state index contributed by atoms with van der Waals surface area (Å²) in [5.74, 6) is 0. The molecule has 0 spiro atoms. The molecule has 2 nitrogen and oxygen atoms in total. The Balaban J connectivity index is 0. The van der Waals surface area contributed by atoms with E-state index in [-0.39, 0.29) is 35.5 Å². The Morgan fingerprint density at radius 3 is 2.60 bits per heavy atom. The molecule has 4 heteroatoms. The second kappa shape index (κ2) is 6.81. The minimum absolute atomic E-state index is 0. The number of nitriles is 1. The zero-order valence-corrected chi connectivity index (χ0v) is 7.38. The molecule has 0 saturated carbocycles. The van der Waals surface area contributed by atoms with Crippen molar-refractivity contribution in [1.82, 2.24) is 4.98 Å². The monoisotopic (exact) mass is 162 g/mol. The summed E-state index contributed by atoms with van der Waals surface area (Å²) >= 11 is 0. The van der Waals surface area contributed by atoms with Crippen molar-refractivity contribution in [2.24, 2.45) is 0 Å². The van der Waals surface area contributed by atoms with Gasteiger partial charge in [0.25, 0.3) is 0 Å². The third-order valence-electron chi connectivity index (χ3n) is 0.752. The van der Waals surface area contributed by atoms with Crippen LogP contribution >= 0.6 is 0 Å². The van der Waals surface area contributed by atoms with Crippen LogP contribution < -0.4 is 12.4 Å². The fraction of sp³-hybridized carbons (Fsp3) is 0. The number of rotatable bonds is 0. The summed E-state index contributed by atoms with van der Waals surface area (Å²) in [4.78, 5) is 3.62. The fourth-order valence-electron chi connectivity index (χ4n) is 0.385. The molecule has 1 rings (SSSR count). The molecule has 0 N–H and O–H groups in total. The summed E-state index contributed by atoms with van der Waals surface area (Å²) in [7, 11) is 0. The van der Waals surface area contributed by atoms with Gasteiger partial charge in [-0.3, -0.25) is 0 Å². The third kappa shape index (κ3) is 3.67. The summed E-state index contributed by atoms with van der Waals surface area (Å²) in [5.41, 5.74) is 0.597. The summed E-state index contributed by atoms with van der Waals surface area (Å²) in [6.07, 6.45) is 4.08. The first-order chi connectivity index (χ1) is 3.93. The van der Waals surface area contributed by atoms with Crippen molar-refractivity contribution in [1.29, 1.82) is 5.26 Å². The number of halogens is 1. The van der Waals surface area contributed by atoms with Crippen molar-refractivity contribution < 1.29 is 12.4 Å². The van der Waals surface area contributed by atoms with Crippen LogP contribution in [0.15, 0.2) is 18.3 Å². The van der Waals surface area contributed by atoms with E-state index >= 15 is 0 Å². The van der Waals surface area contributed by atoms with E-state index in [9.17, 15) is 0 Å². The SMILES string of the molecule is N#Cc1c[c-]ncc1.[Cl-].[Mg+2]. The molecule has 0 aromatic carbocycles. The second-order valence-electron chi connectivity index (χ2n) is 1.29. The molecule has 0 amide bonds. The summed E-state index contributed by atoms with van der Waals surface area (Å²) in [5, 5.41) is 8.24. The van der Waals surface area contributed by atoms with Crippen LogP contribution in [0.4, 0.5) is 0 Å². The van der Waals surface area contributed by atoms with E-state index < -0.39 is 0 Å². The molecule has 0 aliphatic heterocycles. The van der Waals surface area contributed by atoms with Gasteiger partial charge in [0, 0.05) is 6.07 Å². The van der Waals surface area contributed by atoms with Crippen molar-refractivity contribution in [2.45, 2.75) is 0 Å². The maximum atomic E-state index is 8.24. The van der Waals surface area contributed by atoms with Crippen molar-refractivity contribution in [3.8, 4) is 6.07 Å². The van der Waals surface area contributed by atoms with Crippen LogP contribution in [0.3, 0.4) is 0 Å². The maximum absolute atomic E-state index is 8.24. The molecule has 1 heterocycles. The normalized spacial score (nSPS) is 6.30. The zero-order chi connectivity index (χ0) is 5.82. The molecule has 0 unspecified atom stereocenters. The van der Waals surface area contributed by atoms with Crippen molar-refractivity contribution in [3.05, 3.63) is 30.1 Å². The van der Waals surface area contributed by atoms with E-state index in [4.69, 9.17) is 5.26 Å². The average molecular weight is 163 g/mol. The van der Waals surface area contributed by atoms with Crippen LogP contribution in [0.1, 0.15) is 5.56 Å². The van der Waals surface area contributed by atoms with Gasteiger partial charge in [-0.2, -0.15) is 0 Å².